The minimum atomic E-state index is -1.08. The van der Waals surface area contributed by atoms with Gasteiger partial charge in [-0.25, -0.2) is 9.59 Å². The lowest BCUT2D eigenvalue weighted by Crippen LogP contribution is -2.36. The number of rotatable bonds is 7. The van der Waals surface area contributed by atoms with Crippen LogP contribution in [0.3, 0.4) is 0 Å². The van der Waals surface area contributed by atoms with Gasteiger partial charge in [0.15, 0.2) is 12.2 Å². The quantitative estimate of drug-likeness (QED) is 0.752. The van der Waals surface area contributed by atoms with Crippen molar-refractivity contribution >= 4 is 12.1 Å². The fraction of sp³-hybridized carbons (Fsp3) is 0.467. The molecule has 0 aromatic heterocycles. The van der Waals surface area contributed by atoms with Gasteiger partial charge in [-0.1, -0.05) is 30.3 Å². The Morgan fingerprint density at radius 1 is 1.41 bits per heavy atom. The molecule has 0 bridgehead atoms. The van der Waals surface area contributed by atoms with Crippen molar-refractivity contribution in [1.82, 2.24) is 0 Å². The van der Waals surface area contributed by atoms with Gasteiger partial charge in [-0.05, 0) is 5.56 Å². The van der Waals surface area contributed by atoms with Crippen LogP contribution in [0.1, 0.15) is 12.0 Å². The van der Waals surface area contributed by atoms with Crippen molar-refractivity contribution in [2.45, 2.75) is 31.3 Å². The molecule has 0 aliphatic carbocycles. The molecule has 0 amide bonds. The molecule has 7 nitrogen and oxygen atoms in total. The Morgan fingerprint density at radius 3 is 2.73 bits per heavy atom. The first-order valence-corrected chi connectivity index (χ1v) is 6.85. The summed E-state index contributed by atoms with van der Waals surface area (Å²) in [6.07, 6.45) is -3.73. The van der Waals surface area contributed by atoms with Gasteiger partial charge in [0.2, 0.25) is 0 Å². The van der Waals surface area contributed by atoms with E-state index in [0.717, 1.165) is 5.56 Å². The third kappa shape index (κ3) is 4.44. The molecule has 22 heavy (non-hydrogen) atoms. The van der Waals surface area contributed by atoms with Crippen LogP contribution < -0.4 is 0 Å². The lowest BCUT2D eigenvalue weighted by Gasteiger charge is -2.21. The summed E-state index contributed by atoms with van der Waals surface area (Å²) in [4.78, 5) is 22.6. The third-order valence-corrected chi connectivity index (χ3v) is 3.26. The highest BCUT2D eigenvalue weighted by Gasteiger charge is 2.35. The molecule has 120 valence electrons. The number of cyclic esters (lactones) is 2. The fourth-order valence-corrected chi connectivity index (χ4v) is 2.04. The number of ether oxygens (including phenoxy) is 4. The van der Waals surface area contributed by atoms with Crippen LogP contribution in [0.15, 0.2) is 30.3 Å². The zero-order valence-electron chi connectivity index (χ0n) is 12.1. The summed E-state index contributed by atoms with van der Waals surface area (Å²) in [7, 11) is 1.24. The third-order valence-electron chi connectivity index (χ3n) is 3.26. The Morgan fingerprint density at radius 2 is 2.14 bits per heavy atom. The summed E-state index contributed by atoms with van der Waals surface area (Å²) >= 11 is 0. The Bertz CT molecular complexity index is 502. The molecular weight excluding hydrogens is 292 g/mol. The fourth-order valence-electron chi connectivity index (χ4n) is 2.04. The number of hydrogen-bond donors (Lipinski definition) is 1. The van der Waals surface area contributed by atoms with Gasteiger partial charge in [0, 0.05) is 6.42 Å². The number of esters is 1. The van der Waals surface area contributed by atoms with E-state index in [1.807, 2.05) is 30.3 Å². The van der Waals surface area contributed by atoms with Gasteiger partial charge < -0.3 is 24.1 Å². The second kappa shape index (κ2) is 7.77. The highest BCUT2D eigenvalue weighted by atomic mass is 16.8. The molecule has 1 heterocycles. The van der Waals surface area contributed by atoms with Gasteiger partial charge in [-0.3, -0.25) is 0 Å². The van der Waals surface area contributed by atoms with Gasteiger partial charge in [-0.15, -0.1) is 0 Å². The highest BCUT2D eigenvalue weighted by Crippen LogP contribution is 2.17. The average molecular weight is 310 g/mol. The predicted molar refractivity (Wildman–Crippen MR) is 73.9 cm³/mol. The normalized spacial score (nSPS) is 19.9. The lowest BCUT2D eigenvalue weighted by atomic mass is 10.1. The van der Waals surface area contributed by atoms with E-state index in [4.69, 9.17) is 9.47 Å². The van der Waals surface area contributed by atoms with E-state index < -0.39 is 30.4 Å². The van der Waals surface area contributed by atoms with E-state index in [9.17, 15) is 14.7 Å². The second-order valence-corrected chi connectivity index (χ2v) is 4.83. The number of methoxy groups -OCH3 is 1. The van der Waals surface area contributed by atoms with Crippen LogP contribution >= 0.6 is 0 Å². The summed E-state index contributed by atoms with van der Waals surface area (Å²) in [6.45, 7) is 0.154. The molecule has 0 spiro atoms. The Balaban J connectivity index is 1.91. The molecule has 1 aliphatic rings. The molecule has 1 aliphatic heterocycles. The molecule has 1 saturated heterocycles. The van der Waals surface area contributed by atoms with E-state index in [1.54, 1.807) is 0 Å². The van der Waals surface area contributed by atoms with E-state index in [-0.39, 0.29) is 19.6 Å². The molecule has 1 N–H and O–H groups in total. The summed E-state index contributed by atoms with van der Waals surface area (Å²) in [5, 5.41) is 10.0. The zero-order chi connectivity index (χ0) is 15.9. The standard InChI is InChI=1S/C15H18O7/c1-19-14(17)12(20-8-10-5-3-2-4-6-10)7-11(16)13-9-21-15(18)22-13/h2-6,11-13,16H,7-9H2,1H3/t11-,12?,13+/m0/s1. The molecule has 1 aromatic rings. The van der Waals surface area contributed by atoms with Gasteiger partial charge in [0.05, 0.1) is 19.8 Å². The average Bonchev–Trinajstić information content (AvgIpc) is 2.98. The van der Waals surface area contributed by atoms with Crippen molar-refractivity contribution in [2.24, 2.45) is 0 Å². The number of aliphatic hydroxyl groups excluding tert-OH is 1. The van der Waals surface area contributed by atoms with Crippen molar-refractivity contribution < 1.29 is 33.6 Å². The van der Waals surface area contributed by atoms with Crippen LogP contribution in [-0.4, -0.2) is 49.3 Å². The first-order chi connectivity index (χ1) is 10.6. The molecule has 2 rings (SSSR count). The number of aliphatic hydroxyl groups is 1. The smallest absolute Gasteiger partial charge is 0.467 e. The van der Waals surface area contributed by atoms with Crippen molar-refractivity contribution in [3.63, 3.8) is 0 Å². The predicted octanol–water partition coefficient (Wildman–Crippen LogP) is 1.03. The van der Waals surface area contributed by atoms with Crippen molar-refractivity contribution in [3.8, 4) is 0 Å². The van der Waals surface area contributed by atoms with Crippen LogP contribution in [-0.2, 0) is 30.3 Å². The first kappa shape index (κ1) is 16.3. The summed E-state index contributed by atoms with van der Waals surface area (Å²) < 4.78 is 19.6. The molecule has 0 radical (unpaired) electrons. The van der Waals surface area contributed by atoms with Crippen LogP contribution in [0, 0.1) is 0 Å². The maximum atomic E-state index is 11.8. The Hall–Kier alpha value is -2.12. The van der Waals surface area contributed by atoms with Crippen LogP contribution in [0.25, 0.3) is 0 Å². The minimum absolute atomic E-state index is 0.0490. The largest absolute Gasteiger partial charge is 0.508 e. The Kier molecular flexibility index (Phi) is 5.74. The number of carbonyl (C=O) groups excluding carboxylic acids is 2. The van der Waals surface area contributed by atoms with Gasteiger partial charge in [0.25, 0.3) is 0 Å². The topological polar surface area (TPSA) is 91.3 Å². The lowest BCUT2D eigenvalue weighted by molar-refractivity contribution is -0.158. The van der Waals surface area contributed by atoms with E-state index in [0.29, 0.717) is 0 Å². The number of benzene rings is 1. The zero-order valence-corrected chi connectivity index (χ0v) is 12.1. The molecule has 0 saturated carbocycles. The first-order valence-electron chi connectivity index (χ1n) is 6.85. The van der Waals surface area contributed by atoms with Crippen LogP contribution in [0.2, 0.25) is 0 Å². The maximum Gasteiger partial charge on any atom is 0.508 e. The number of hydrogen-bond acceptors (Lipinski definition) is 7. The van der Waals surface area contributed by atoms with Crippen molar-refractivity contribution in [1.29, 1.82) is 0 Å². The minimum Gasteiger partial charge on any atom is -0.467 e. The molecule has 1 fully saturated rings. The SMILES string of the molecule is COC(=O)C(C[C@H](O)[C@H]1COC(=O)O1)OCc1ccccc1. The van der Waals surface area contributed by atoms with Crippen LogP contribution in [0.4, 0.5) is 4.79 Å². The maximum absolute atomic E-state index is 11.8. The molecule has 7 heteroatoms. The molecular formula is C15H18O7. The second-order valence-electron chi connectivity index (χ2n) is 4.83. The van der Waals surface area contributed by atoms with Crippen molar-refractivity contribution in [3.05, 3.63) is 35.9 Å². The van der Waals surface area contributed by atoms with Gasteiger partial charge in [0.1, 0.15) is 6.61 Å². The van der Waals surface area contributed by atoms with Gasteiger partial charge >= 0.3 is 12.1 Å². The molecule has 1 unspecified atom stereocenters. The summed E-state index contributed by atoms with van der Waals surface area (Å²) in [6, 6.07) is 9.31. The highest BCUT2D eigenvalue weighted by molar-refractivity contribution is 5.74. The molecule has 3 atom stereocenters. The van der Waals surface area contributed by atoms with E-state index >= 15 is 0 Å². The molecule has 1 aromatic carbocycles. The summed E-state index contributed by atoms with van der Waals surface area (Å²) in [5.74, 6) is -0.597. The van der Waals surface area contributed by atoms with Crippen LogP contribution in [0.5, 0.6) is 0 Å². The van der Waals surface area contributed by atoms with Gasteiger partial charge in [-0.2, -0.15) is 0 Å². The summed E-state index contributed by atoms with van der Waals surface area (Å²) in [5.41, 5.74) is 0.890. The number of carbonyl (C=O) groups is 2. The van der Waals surface area contributed by atoms with E-state index in [1.165, 1.54) is 7.11 Å². The monoisotopic (exact) mass is 310 g/mol. The Labute approximate surface area is 127 Å². The van der Waals surface area contributed by atoms with Crippen molar-refractivity contribution in [2.75, 3.05) is 13.7 Å². The van der Waals surface area contributed by atoms with E-state index in [2.05, 4.69) is 9.47 Å².